The number of fused-ring (bicyclic) bond motifs is 1. The van der Waals surface area contributed by atoms with Crippen LogP contribution in [0.2, 0.25) is 0 Å². The summed E-state index contributed by atoms with van der Waals surface area (Å²) in [5, 5.41) is 20.1. The second-order valence-electron chi connectivity index (χ2n) is 6.75. The highest BCUT2D eigenvalue weighted by atomic mass is 16.6. The molecule has 28 heavy (non-hydrogen) atoms. The van der Waals surface area contributed by atoms with Crippen LogP contribution in [0.1, 0.15) is 18.2 Å². The molecule has 0 saturated carbocycles. The lowest BCUT2D eigenvalue weighted by molar-refractivity contribution is -0.0708. The van der Waals surface area contributed by atoms with Crippen molar-refractivity contribution in [1.29, 1.82) is 0 Å². The predicted octanol–water partition coefficient (Wildman–Crippen LogP) is 0.677. The summed E-state index contributed by atoms with van der Waals surface area (Å²) in [6.07, 6.45) is 1.49. The molecule has 2 aromatic heterocycles. The molecule has 9 nitrogen and oxygen atoms in total. The SMILES string of the molecule is Nc1ncnc2c1ncn2[C@@H]1O[C@H](CO)[C@@H](O)[C@H]1OCCCc1ccccc1. The largest absolute Gasteiger partial charge is 0.394 e. The van der Waals surface area contributed by atoms with Crippen LogP contribution in [0.4, 0.5) is 5.82 Å². The highest BCUT2D eigenvalue weighted by Crippen LogP contribution is 2.34. The van der Waals surface area contributed by atoms with Crippen LogP contribution in [-0.2, 0) is 15.9 Å². The Morgan fingerprint density at radius 2 is 2.00 bits per heavy atom. The molecule has 0 aliphatic carbocycles. The topological polar surface area (TPSA) is 129 Å². The predicted molar refractivity (Wildman–Crippen MR) is 101 cm³/mol. The van der Waals surface area contributed by atoms with E-state index >= 15 is 0 Å². The standard InChI is InChI=1S/C19H23N5O4/c20-17-14-18(22-10-21-17)24(11-23-14)19-16(15(26)13(9-25)28-19)27-8-4-7-12-5-2-1-3-6-12/h1-3,5-6,10-11,13,15-16,19,25-26H,4,7-9H2,(H2,20,21,22)/t13-,15-,16-,19-/m1/s1. The molecule has 3 aromatic rings. The Balaban J connectivity index is 1.49. The lowest BCUT2D eigenvalue weighted by Crippen LogP contribution is -2.35. The number of imidazole rings is 1. The Kier molecular flexibility index (Phi) is 5.49. The van der Waals surface area contributed by atoms with Crippen LogP contribution in [0.15, 0.2) is 43.0 Å². The van der Waals surface area contributed by atoms with Gasteiger partial charge in [0.2, 0.25) is 0 Å². The Hall–Kier alpha value is -2.59. The zero-order valence-electron chi connectivity index (χ0n) is 15.3. The molecular formula is C19H23N5O4. The Bertz CT molecular complexity index is 919. The van der Waals surface area contributed by atoms with E-state index in [1.165, 1.54) is 18.2 Å². The second kappa shape index (κ2) is 8.19. The minimum Gasteiger partial charge on any atom is -0.394 e. The Morgan fingerprint density at radius 1 is 1.18 bits per heavy atom. The summed E-state index contributed by atoms with van der Waals surface area (Å²) in [5.41, 5.74) is 8.02. The lowest BCUT2D eigenvalue weighted by Gasteiger charge is -2.22. The van der Waals surface area contributed by atoms with Gasteiger partial charge in [0, 0.05) is 6.61 Å². The molecule has 1 saturated heterocycles. The molecule has 0 radical (unpaired) electrons. The lowest BCUT2D eigenvalue weighted by atomic mass is 10.1. The first kappa shape index (κ1) is 18.8. The van der Waals surface area contributed by atoms with Crippen molar-refractivity contribution in [2.45, 2.75) is 37.4 Å². The molecular weight excluding hydrogens is 362 g/mol. The number of nitrogens with two attached hydrogens (primary N) is 1. The first-order chi connectivity index (χ1) is 13.7. The van der Waals surface area contributed by atoms with Crippen molar-refractivity contribution >= 4 is 17.0 Å². The Labute approximate surface area is 161 Å². The highest BCUT2D eigenvalue weighted by Gasteiger charge is 2.45. The minimum atomic E-state index is -0.969. The van der Waals surface area contributed by atoms with E-state index in [-0.39, 0.29) is 12.4 Å². The minimum absolute atomic E-state index is 0.265. The zero-order chi connectivity index (χ0) is 19.5. The van der Waals surface area contributed by atoms with Crippen molar-refractivity contribution in [3.8, 4) is 0 Å². The maximum Gasteiger partial charge on any atom is 0.167 e. The maximum absolute atomic E-state index is 10.6. The molecule has 9 heteroatoms. The van der Waals surface area contributed by atoms with Crippen LogP contribution in [-0.4, -0.2) is 61.3 Å². The summed E-state index contributed by atoms with van der Waals surface area (Å²) in [6.45, 7) is 0.129. The van der Waals surface area contributed by atoms with Crippen LogP contribution in [0.25, 0.3) is 11.2 Å². The van der Waals surface area contributed by atoms with E-state index in [1.807, 2.05) is 18.2 Å². The number of aliphatic hydroxyl groups is 2. The fourth-order valence-electron chi connectivity index (χ4n) is 3.47. The monoisotopic (exact) mass is 385 g/mol. The average molecular weight is 385 g/mol. The number of hydrogen-bond acceptors (Lipinski definition) is 8. The van der Waals surface area contributed by atoms with Crippen molar-refractivity contribution in [3.63, 3.8) is 0 Å². The van der Waals surface area contributed by atoms with Crippen LogP contribution in [0, 0.1) is 0 Å². The third kappa shape index (κ3) is 3.57. The zero-order valence-corrected chi connectivity index (χ0v) is 15.3. The van der Waals surface area contributed by atoms with Gasteiger partial charge in [-0.05, 0) is 18.4 Å². The number of anilines is 1. The quantitative estimate of drug-likeness (QED) is 0.507. The number of ether oxygens (including phenoxy) is 2. The number of aromatic nitrogens is 4. The molecule has 1 fully saturated rings. The van der Waals surface area contributed by atoms with Gasteiger partial charge in [0.25, 0.3) is 0 Å². The van der Waals surface area contributed by atoms with E-state index in [2.05, 4.69) is 27.1 Å². The third-order valence-electron chi connectivity index (χ3n) is 4.92. The van der Waals surface area contributed by atoms with Crippen molar-refractivity contribution in [2.24, 2.45) is 0 Å². The van der Waals surface area contributed by atoms with Gasteiger partial charge in [-0.3, -0.25) is 4.57 Å². The normalized spacial score (nSPS) is 24.8. The van der Waals surface area contributed by atoms with Gasteiger partial charge in [-0.1, -0.05) is 30.3 Å². The number of aryl methyl sites for hydroxylation is 1. The summed E-state index contributed by atoms with van der Waals surface area (Å²) in [7, 11) is 0. The molecule has 1 aromatic carbocycles. The van der Waals surface area contributed by atoms with Crippen LogP contribution in [0.3, 0.4) is 0 Å². The van der Waals surface area contributed by atoms with Gasteiger partial charge >= 0.3 is 0 Å². The molecule has 1 aliphatic rings. The molecule has 0 bridgehead atoms. The molecule has 148 valence electrons. The van der Waals surface area contributed by atoms with Gasteiger partial charge in [0.1, 0.15) is 30.2 Å². The van der Waals surface area contributed by atoms with E-state index in [0.29, 0.717) is 17.8 Å². The fourth-order valence-corrected chi connectivity index (χ4v) is 3.47. The molecule has 3 heterocycles. The average Bonchev–Trinajstić information content (AvgIpc) is 3.28. The number of hydrogen-bond donors (Lipinski definition) is 3. The number of benzene rings is 1. The van der Waals surface area contributed by atoms with Crippen LogP contribution >= 0.6 is 0 Å². The smallest absolute Gasteiger partial charge is 0.167 e. The highest BCUT2D eigenvalue weighted by molar-refractivity contribution is 5.81. The van der Waals surface area contributed by atoms with Gasteiger partial charge in [0.05, 0.1) is 12.9 Å². The van der Waals surface area contributed by atoms with E-state index in [4.69, 9.17) is 15.2 Å². The van der Waals surface area contributed by atoms with E-state index in [9.17, 15) is 10.2 Å². The molecule has 0 unspecified atom stereocenters. The molecule has 4 atom stereocenters. The van der Waals surface area contributed by atoms with Crippen molar-refractivity contribution in [1.82, 2.24) is 19.5 Å². The van der Waals surface area contributed by atoms with Crippen molar-refractivity contribution < 1.29 is 19.7 Å². The van der Waals surface area contributed by atoms with Crippen LogP contribution in [0.5, 0.6) is 0 Å². The van der Waals surface area contributed by atoms with E-state index < -0.39 is 24.5 Å². The summed E-state index contributed by atoms with van der Waals surface area (Å²) < 4.78 is 13.5. The first-order valence-electron chi connectivity index (χ1n) is 9.22. The summed E-state index contributed by atoms with van der Waals surface area (Å²) in [4.78, 5) is 12.4. The number of nitrogen functional groups attached to an aromatic ring is 1. The number of aliphatic hydroxyl groups excluding tert-OH is 2. The second-order valence-corrected chi connectivity index (χ2v) is 6.75. The summed E-state index contributed by atoms with van der Waals surface area (Å²) >= 11 is 0. The first-order valence-corrected chi connectivity index (χ1v) is 9.22. The van der Waals surface area contributed by atoms with Gasteiger partial charge in [-0.2, -0.15) is 0 Å². The third-order valence-corrected chi connectivity index (χ3v) is 4.92. The van der Waals surface area contributed by atoms with Crippen LogP contribution < -0.4 is 5.73 Å². The van der Waals surface area contributed by atoms with Crippen molar-refractivity contribution in [2.75, 3.05) is 18.9 Å². The summed E-state index contributed by atoms with van der Waals surface area (Å²) in [6, 6.07) is 10.1. The van der Waals surface area contributed by atoms with E-state index in [0.717, 1.165) is 12.8 Å². The fraction of sp³-hybridized carbons (Fsp3) is 0.421. The Morgan fingerprint density at radius 3 is 2.79 bits per heavy atom. The molecule has 0 amide bonds. The molecule has 4 rings (SSSR count). The number of rotatable bonds is 7. The maximum atomic E-state index is 10.6. The van der Waals surface area contributed by atoms with Gasteiger partial charge in [-0.15, -0.1) is 0 Å². The molecule has 0 spiro atoms. The molecule has 4 N–H and O–H groups in total. The van der Waals surface area contributed by atoms with Crippen molar-refractivity contribution in [3.05, 3.63) is 48.5 Å². The van der Waals surface area contributed by atoms with Gasteiger partial charge in [0.15, 0.2) is 17.7 Å². The van der Waals surface area contributed by atoms with E-state index in [1.54, 1.807) is 4.57 Å². The number of nitrogens with zero attached hydrogens (tertiary/aromatic N) is 4. The van der Waals surface area contributed by atoms with Gasteiger partial charge < -0.3 is 25.4 Å². The summed E-state index contributed by atoms with van der Waals surface area (Å²) in [5.74, 6) is 0.265. The molecule has 1 aliphatic heterocycles. The van der Waals surface area contributed by atoms with Gasteiger partial charge in [-0.25, -0.2) is 15.0 Å².